The molecule has 0 aliphatic heterocycles. The summed E-state index contributed by atoms with van der Waals surface area (Å²) in [5.41, 5.74) is 3.22. The maximum atomic E-state index is 6.62. The van der Waals surface area contributed by atoms with Crippen LogP contribution in [0.25, 0.3) is 0 Å². The second kappa shape index (κ2) is 12.1. The van der Waals surface area contributed by atoms with Crippen molar-refractivity contribution in [1.82, 2.24) is 0 Å². The van der Waals surface area contributed by atoms with E-state index in [9.17, 15) is 0 Å². The van der Waals surface area contributed by atoms with Gasteiger partial charge < -0.3 is 17.7 Å². The molecule has 0 heterocycles. The summed E-state index contributed by atoms with van der Waals surface area (Å²) in [6.07, 6.45) is 5.75. The van der Waals surface area contributed by atoms with Crippen molar-refractivity contribution in [2.45, 2.75) is 58.0 Å². The molecule has 1 saturated carbocycles. The Morgan fingerprint density at radius 1 is 0.531 bits per heavy atom. The predicted molar refractivity (Wildman–Crippen MR) is 127 cm³/mol. The van der Waals surface area contributed by atoms with Crippen molar-refractivity contribution in [2.24, 2.45) is 0 Å². The molecule has 0 spiro atoms. The van der Waals surface area contributed by atoms with E-state index < -0.39 is 9.05 Å². The van der Waals surface area contributed by atoms with Crippen LogP contribution in [-0.4, -0.2) is 15.2 Å². The van der Waals surface area contributed by atoms with Gasteiger partial charge in [0.05, 0.1) is 25.9 Å². The minimum Gasteiger partial charge on any atom is -0.348 e. The first-order valence-corrected chi connectivity index (χ1v) is 13.2. The van der Waals surface area contributed by atoms with Crippen LogP contribution in [0.3, 0.4) is 0 Å². The maximum Gasteiger partial charge on any atom is 0.680 e. The SMILES string of the molecule is c1ccc(CO[Si](OCc2ccccc2)(OCc2ccccc2)OC2CCCCC2)cc1. The molecule has 0 N–H and O–H groups in total. The first kappa shape index (κ1) is 22.9. The highest BCUT2D eigenvalue weighted by atomic mass is 28.4. The molecule has 1 aliphatic rings. The zero-order valence-electron chi connectivity index (χ0n) is 18.5. The summed E-state index contributed by atoms with van der Waals surface area (Å²) in [7, 11) is -3.43. The Balaban J connectivity index is 1.54. The Hall–Kier alpha value is -2.28. The van der Waals surface area contributed by atoms with Gasteiger partial charge in [-0.1, -0.05) is 110 Å². The summed E-state index contributed by atoms with van der Waals surface area (Å²) in [5, 5.41) is 0. The molecule has 5 heteroatoms. The van der Waals surface area contributed by atoms with E-state index in [1.807, 2.05) is 91.0 Å². The van der Waals surface area contributed by atoms with Crippen molar-refractivity contribution in [3.63, 3.8) is 0 Å². The van der Waals surface area contributed by atoms with Crippen molar-refractivity contribution in [2.75, 3.05) is 0 Å². The van der Waals surface area contributed by atoms with Gasteiger partial charge in [-0.2, -0.15) is 0 Å². The number of benzene rings is 3. The summed E-state index contributed by atoms with van der Waals surface area (Å²) in [6, 6.07) is 30.4. The summed E-state index contributed by atoms with van der Waals surface area (Å²) in [6.45, 7) is 1.18. The maximum absolute atomic E-state index is 6.62. The molecule has 0 amide bonds. The molecule has 1 aliphatic carbocycles. The number of rotatable bonds is 11. The normalized spacial score (nSPS) is 15.0. The molecular formula is C27H32O4Si. The average Bonchev–Trinajstić information content (AvgIpc) is 2.87. The van der Waals surface area contributed by atoms with Gasteiger partial charge in [0.2, 0.25) is 0 Å². The lowest BCUT2D eigenvalue weighted by Gasteiger charge is -2.33. The molecular weight excluding hydrogens is 416 g/mol. The first-order valence-electron chi connectivity index (χ1n) is 11.5. The first-order chi connectivity index (χ1) is 15.8. The minimum atomic E-state index is -3.43. The standard InChI is InChI=1S/C27H32O4Si/c1-5-13-24(14-6-1)21-28-32(31-27-19-11-4-12-20-27,29-22-25-15-7-2-8-16-25)30-23-26-17-9-3-10-18-26/h1-3,5-10,13-18,27H,4,11-12,19-23H2. The Morgan fingerprint density at radius 3 is 1.28 bits per heavy atom. The van der Waals surface area contributed by atoms with Crippen molar-refractivity contribution in [1.29, 1.82) is 0 Å². The molecule has 4 nitrogen and oxygen atoms in total. The van der Waals surface area contributed by atoms with E-state index in [0.29, 0.717) is 19.8 Å². The van der Waals surface area contributed by atoms with Gasteiger partial charge in [0.25, 0.3) is 0 Å². The van der Waals surface area contributed by atoms with Gasteiger partial charge in [0, 0.05) is 0 Å². The highest BCUT2D eigenvalue weighted by Crippen LogP contribution is 2.27. The van der Waals surface area contributed by atoms with Crippen LogP contribution >= 0.6 is 0 Å². The third-order valence-corrected chi connectivity index (χ3v) is 7.75. The van der Waals surface area contributed by atoms with Crippen LogP contribution < -0.4 is 0 Å². The molecule has 32 heavy (non-hydrogen) atoms. The Labute approximate surface area is 192 Å². The molecule has 168 valence electrons. The van der Waals surface area contributed by atoms with Crippen molar-refractivity contribution < 1.29 is 17.7 Å². The molecule has 3 aromatic rings. The van der Waals surface area contributed by atoms with Gasteiger partial charge in [0.1, 0.15) is 0 Å². The van der Waals surface area contributed by atoms with Crippen LogP contribution in [0.2, 0.25) is 0 Å². The van der Waals surface area contributed by atoms with Crippen molar-refractivity contribution in [3.05, 3.63) is 108 Å². The van der Waals surface area contributed by atoms with Crippen LogP contribution in [-0.2, 0) is 37.5 Å². The van der Waals surface area contributed by atoms with Crippen LogP contribution in [0.1, 0.15) is 48.8 Å². The van der Waals surface area contributed by atoms with Crippen molar-refractivity contribution >= 4 is 9.05 Å². The summed E-state index contributed by atoms with van der Waals surface area (Å²) < 4.78 is 25.9. The topological polar surface area (TPSA) is 36.9 Å². The highest BCUT2D eigenvalue weighted by Gasteiger charge is 2.48. The summed E-state index contributed by atoms with van der Waals surface area (Å²) in [4.78, 5) is 0. The molecule has 0 unspecified atom stereocenters. The molecule has 3 aromatic carbocycles. The third kappa shape index (κ3) is 7.12. The Morgan fingerprint density at radius 2 is 0.906 bits per heavy atom. The predicted octanol–water partition coefficient (Wildman–Crippen LogP) is 6.42. The van der Waals surface area contributed by atoms with Crippen LogP contribution in [0.15, 0.2) is 91.0 Å². The summed E-state index contributed by atoms with van der Waals surface area (Å²) >= 11 is 0. The average molecular weight is 449 g/mol. The Bertz CT molecular complexity index is 793. The van der Waals surface area contributed by atoms with Gasteiger partial charge in [-0.15, -0.1) is 0 Å². The van der Waals surface area contributed by atoms with Gasteiger partial charge in [-0.25, -0.2) is 0 Å². The van der Waals surface area contributed by atoms with E-state index in [2.05, 4.69) is 0 Å². The molecule has 4 rings (SSSR count). The van der Waals surface area contributed by atoms with E-state index in [-0.39, 0.29) is 6.10 Å². The van der Waals surface area contributed by atoms with Gasteiger partial charge in [0.15, 0.2) is 0 Å². The minimum absolute atomic E-state index is 0.109. The zero-order chi connectivity index (χ0) is 21.9. The third-order valence-electron chi connectivity index (χ3n) is 5.64. The number of hydrogen-bond acceptors (Lipinski definition) is 4. The fourth-order valence-corrected chi connectivity index (χ4v) is 5.98. The molecule has 0 saturated heterocycles. The van der Waals surface area contributed by atoms with Crippen LogP contribution in [0, 0.1) is 0 Å². The molecule has 0 bridgehead atoms. The second-order valence-corrected chi connectivity index (χ2v) is 10.3. The van der Waals surface area contributed by atoms with E-state index in [4.69, 9.17) is 17.7 Å². The van der Waals surface area contributed by atoms with Gasteiger partial charge in [-0.05, 0) is 29.5 Å². The lowest BCUT2D eigenvalue weighted by Crippen LogP contribution is -2.51. The lowest BCUT2D eigenvalue weighted by molar-refractivity contribution is -0.0739. The molecule has 0 atom stereocenters. The zero-order valence-corrected chi connectivity index (χ0v) is 19.5. The van der Waals surface area contributed by atoms with E-state index in [1.54, 1.807) is 0 Å². The van der Waals surface area contributed by atoms with Gasteiger partial charge >= 0.3 is 9.05 Å². The van der Waals surface area contributed by atoms with Crippen LogP contribution in [0.4, 0.5) is 0 Å². The second-order valence-electron chi connectivity index (χ2n) is 8.20. The monoisotopic (exact) mass is 448 g/mol. The Kier molecular flexibility index (Phi) is 8.65. The lowest BCUT2D eigenvalue weighted by atomic mass is 9.98. The molecule has 0 radical (unpaired) electrons. The van der Waals surface area contributed by atoms with Crippen molar-refractivity contribution in [3.8, 4) is 0 Å². The molecule has 0 aromatic heterocycles. The smallest absolute Gasteiger partial charge is 0.348 e. The fourth-order valence-electron chi connectivity index (χ4n) is 3.85. The van der Waals surface area contributed by atoms with E-state index >= 15 is 0 Å². The fraction of sp³-hybridized carbons (Fsp3) is 0.333. The van der Waals surface area contributed by atoms with E-state index in [0.717, 1.165) is 29.5 Å². The van der Waals surface area contributed by atoms with Gasteiger partial charge in [-0.3, -0.25) is 0 Å². The largest absolute Gasteiger partial charge is 0.680 e. The molecule has 1 fully saturated rings. The summed E-state index contributed by atoms with van der Waals surface area (Å²) in [5.74, 6) is 0. The quantitative estimate of drug-likeness (QED) is 0.317. The number of hydrogen-bond donors (Lipinski definition) is 0. The van der Waals surface area contributed by atoms with E-state index in [1.165, 1.54) is 19.3 Å². The highest BCUT2D eigenvalue weighted by molar-refractivity contribution is 6.53. The van der Waals surface area contributed by atoms with Crippen LogP contribution in [0.5, 0.6) is 0 Å².